The highest BCUT2D eigenvalue weighted by molar-refractivity contribution is 5.99. The maximum atomic E-state index is 14.4. The fraction of sp³-hybridized carbons (Fsp3) is 0.567. The monoisotopic (exact) mass is 522 g/mol. The number of likely N-dealkylation sites (tertiary alicyclic amines) is 1. The molecule has 1 N–H and O–H groups in total. The van der Waals surface area contributed by atoms with Crippen LogP contribution in [0.4, 0.5) is 0 Å². The van der Waals surface area contributed by atoms with Gasteiger partial charge in [-0.2, -0.15) is 0 Å². The number of carbonyl (C=O) groups excluding carboxylic acids is 3. The highest BCUT2D eigenvalue weighted by Crippen LogP contribution is 2.58. The summed E-state index contributed by atoms with van der Waals surface area (Å²) in [6.07, 6.45) is 9.11. The minimum atomic E-state index is -1.35. The molecule has 0 aromatic heterocycles. The third-order valence-electron chi connectivity index (χ3n) is 8.49. The second kappa shape index (κ2) is 10.3. The number of hydrogen-bond donors (Lipinski definition) is 1. The van der Waals surface area contributed by atoms with E-state index in [0.717, 1.165) is 5.56 Å². The van der Waals surface area contributed by atoms with Gasteiger partial charge in [0.25, 0.3) is 0 Å². The van der Waals surface area contributed by atoms with E-state index in [1.54, 1.807) is 4.90 Å². The standard InChI is InChI=1S/C30H38N2O6/c1-4-29-13-8-9-16-37-28(36)24(29)23-26(34)32(22(19-33)17-20(2)3)25-27(35)31(15-10-14-30(23,25)38-29)18-21-11-6-5-7-12-21/h5-8,10-14,20,22-25,33H,4,9,15-19H2,1-3H3/t22-,23+,24-,25?,29+,30+/m1/s1. The number of fused-ring (bicyclic) bond motifs is 2. The third kappa shape index (κ3) is 4.18. The van der Waals surface area contributed by atoms with Crippen molar-refractivity contribution in [3.63, 3.8) is 0 Å². The Bertz CT molecular complexity index is 1130. The number of cyclic esters (lactones) is 1. The van der Waals surface area contributed by atoms with E-state index in [-0.39, 0.29) is 30.9 Å². The number of amides is 2. The molecule has 0 bridgehead atoms. The summed E-state index contributed by atoms with van der Waals surface area (Å²) in [5.74, 6) is -2.68. The van der Waals surface area contributed by atoms with Gasteiger partial charge in [-0.25, -0.2) is 0 Å². The molecule has 2 fully saturated rings. The lowest BCUT2D eigenvalue weighted by atomic mass is 9.73. The second-order valence-corrected chi connectivity index (χ2v) is 11.3. The third-order valence-corrected chi connectivity index (χ3v) is 8.49. The van der Waals surface area contributed by atoms with Crippen molar-refractivity contribution in [2.24, 2.45) is 17.8 Å². The van der Waals surface area contributed by atoms with E-state index in [1.165, 1.54) is 4.90 Å². The smallest absolute Gasteiger partial charge is 0.313 e. The Morgan fingerprint density at radius 1 is 1.05 bits per heavy atom. The molecule has 0 radical (unpaired) electrons. The molecular weight excluding hydrogens is 484 g/mol. The average molecular weight is 523 g/mol. The van der Waals surface area contributed by atoms with Gasteiger partial charge in [0.15, 0.2) is 0 Å². The predicted octanol–water partition coefficient (Wildman–Crippen LogP) is 2.86. The van der Waals surface area contributed by atoms with Crippen LogP contribution in [0.25, 0.3) is 0 Å². The molecule has 5 rings (SSSR count). The van der Waals surface area contributed by atoms with Gasteiger partial charge in [-0.1, -0.05) is 75.4 Å². The Balaban J connectivity index is 1.65. The number of esters is 1. The van der Waals surface area contributed by atoms with E-state index >= 15 is 0 Å². The molecule has 38 heavy (non-hydrogen) atoms. The number of aliphatic hydroxyl groups excluding tert-OH is 1. The molecule has 1 aromatic rings. The fourth-order valence-corrected chi connectivity index (χ4v) is 6.87. The summed E-state index contributed by atoms with van der Waals surface area (Å²) in [7, 11) is 0. The second-order valence-electron chi connectivity index (χ2n) is 11.3. The summed E-state index contributed by atoms with van der Waals surface area (Å²) in [6.45, 7) is 6.65. The quantitative estimate of drug-likeness (QED) is 0.437. The Hall–Kier alpha value is -2.97. The maximum absolute atomic E-state index is 14.4. The van der Waals surface area contributed by atoms with Gasteiger partial charge in [0, 0.05) is 13.1 Å². The molecule has 4 heterocycles. The zero-order valence-electron chi connectivity index (χ0n) is 22.4. The predicted molar refractivity (Wildman–Crippen MR) is 140 cm³/mol. The van der Waals surface area contributed by atoms with Gasteiger partial charge in [0.05, 0.1) is 25.2 Å². The molecule has 1 spiro atoms. The van der Waals surface area contributed by atoms with Crippen LogP contribution in [0.2, 0.25) is 0 Å². The summed E-state index contributed by atoms with van der Waals surface area (Å²) in [6, 6.07) is 8.14. The van der Waals surface area contributed by atoms with Crippen LogP contribution < -0.4 is 0 Å². The minimum Gasteiger partial charge on any atom is -0.465 e. The average Bonchev–Trinajstić information content (AvgIpc) is 3.25. The number of carbonyl (C=O) groups is 3. The minimum absolute atomic E-state index is 0.179. The Morgan fingerprint density at radius 2 is 1.82 bits per heavy atom. The molecule has 1 aromatic carbocycles. The first-order chi connectivity index (χ1) is 18.3. The molecule has 8 nitrogen and oxygen atoms in total. The van der Waals surface area contributed by atoms with Gasteiger partial charge in [0.1, 0.15) is 23.2 Å². The molecule has 1 unspecified atom stereocenters. The lowest BCUT2D eigenvalue weighted by Crippen LogP contribution is -2.59. The molecule has 8 heteroatoms. The normalized spacial score (nSPS) is 33.4. The molecule has 4 aliphatic heterocycles. The van der Waals surface area contributed by atoms with Crippen LogP contribution in [0.1, 0.15) is 45.6 Å². The summed E-state index contributed by atoms with van der Waals surface area (Å²) in [4.78, 5) is 45.6. The van der Waals surface area contributed by atoms with Crippen molar-refractivity contribution in [1.82, 2.24) is 9.80 Å². The van der Waals surface area contributed by atoms with E-state index in [9.17, 15) is 19.5 Å². The van der Waals surface area contributed by atoms with Crippen LogP contribution in [0.15, 0.2) is 54.6 Å². The highest BCUT2D eigenvalue weighted by atomic mass is 16.6. The first-order valence-electron chi connectivity index (χ1n) is 13.8. The van der Waals surface area contributed by atoms with E-state index < -0.39 is 41.1 Å². The summed E-state index contributed by atoms with van der Waals surface area (Å²) >= 11 is 0. The van der Waals surface area contributed by atoms with Crippen molar-refractivity contribution in [2.45, 2.75) is 69.9 Å². The van der Waals surface area contributed by atoms with Gasteiger partial charge < -0.3 is 24.4 Å². The highest BCUT2D eigenvalue weighted by Gasteiger charge is 2.75. The SMILES string of the molecule is CC[C@]12C=CCCOC(=O)[C@H]1[C@H]1C(=O)N([C@@H](CO)CC(C)C)C3C(=O)N(Cc4ccccc4)CC=C[C@@]31O2. The van der Waals surface area contributed by atoms with E-state index in [0.29, 0.717) is 32.4 Å². The van der Waals surface area contributed by atoms with Gasteiger partial charge in [-0.15, -0.1) is 0 Å². The van der Waals surface area contributed by atoms with Crippen molar-refractivity contribution in [2.75, 3.05) is 19.8 Å². The molecule has 2 saturated heterocycles. The zero-order valence-corrected chi connectivity index (χ0v) is 22.4. The van der Waals surface area contributed by atoms with Crippen LogP contribution in [0, 0.1) is 17.8 Å². The lowest BCUT2D eigenvalue weighted by Gasteiger charge is -2.41. The van der Waals surface area contributed by atoms with Crippen LogP contribution in [0.5, 0.6) is 0 Å². The summed E-state index contributed by atoms with van der Waals surface area (Å²) < 4.78 is 12.5. The van der Waals surface area contributed by atoms with E-state index in [1.807, 2.05) is 75.4 Å². The summed E-state index contributed by atoms with van der Waals surface area (Å²) in [5, 5.41) is 10.4. The summed E-state index contributed by atoms with van der Waals surface area (Å²) in [5.41, 5.74) is -1.43. The van der Waals surface area contributed by atoms with Gasteiger partial charge in [-0.05, 0) is 30.7 Å². The van der Waals surface area contributed by atoms with Crippen molar-refractivity contribution in [3.05, 3.63) is 60.2 Å². The largest absolute Gasteiger partial charge is 0.465 e. The van der Waals surface area contributed by atoms with Gasteiger partial charge >= 0.3 is 5.97 Å². The molecule has 0 saturated carbocycles. The Kier molecular flexibility index (Phi) is 7.22. The Morgan fingerprint density at radius 3 is 2.50 bits per heavy atom. The van der Waals surface area contributed by atoms with Crippen molar-refractivity contribution in [1.29, 1.82) is 0 Å². The zero-order chi connectivity index (χ0) is 27.1. The number of benzene rings is 1. The lowest BCUT2D eigenvalue weighted by molar-refractivity contribution is -0.164. The van der Waals surface area contributed by atoms with Crippen LogP contribution in [0.3, 0.4) is 0 Å². The molecule has 204 valence electrons. The molecular formula is C30H38N2O6. The first kappa shape index (κ1) is 26.6. The number of hydrogen-bond acceptors (Lipinski definition) is 6. The topological polar surface area (TPSA) is 96.4 Å². The number of rotatable bonds is 7. The first-order valence-corrected chi connectivity index (χ1v) is 13.8. The molecule has 6 atom stereocenters. The molecule has 2 amide bonds. The van der Waals surface area contributed by atoms with Crippen molar-refractivity contribution < 1.29 is 29.0 Å². The number of nitrogens with zero attached hydrogens (tertiary/aromatic N) is 2. The van der Waals surface area contributed by atoms with Crippen molar-refractivity contribution >= 4 is 17.8 Å². The fourth-order valence-electron chi connectivity index (χ4n) is 6.87. The number of ether oxygens (including phenoxy) is 2. The van der Waals surface area contributed by atoms with Crippen LogP contribution in [-0.2, 0) is 30.4 Å². The van der Waals surface area contributed by atoms with Crippen molar-refractivity contribution in [3.8, 4) is 0 Å². The van der Waals surface area contributed by atoms with Crippen LogP contribution >= 0.6 is 0 Å². The van der Waals surface area contributed by atoms with Crippen LogP contribution in [-0.4, -0.2) is 75.7 Å². The molecule has 0 aliphatic carbocycles. The van der Waals surface area contributed by atoms with E-state index in [2.05, 4.69) is 0 Å². The maximum Gasteiger partial charge on any atom is 0.313 e. The Labute approximate surface area is 224 Å². The van der Waals surface area contributed by atoms with Gasteiger partial charge in [0.2, 0.25) is 11.8 Å². The molecule has 4 aliphatic rings. The number of aliphatic hydroxyl groups is 1. The van der Waals surface area contributed by atoms with E-state index in [4.69, 9.17) is 9.47 Å². The van der Waals surface area contributed by atoms with Gasteiger partial charge in [-0.3, -0.25) is 14.4 Å².